The average Bonchev–Trinajstić information content (AvgIpc) is 2.60. The summed E-state index contributed by atoms with van der Waals surface area (Å²) in [5, 5.41) is 4.43. The fraction of sp³-hybridized carbons (Fsp3) is 0.250. The Morgan fingerprint density at radius 2 is 2.07 bits per heavy atom. The van der Waals surface area contributed by atoms with Crippen molar-refractivity contribution in [2.24, 2.45) is 5.73 Å². The Morgan fingerprint density at radius 1 is 1.27 bits per heavy atom. The first-order chi connectivity index (χ1) is 7.20. The molecule has 3 heteroatoms. The van der Waals surface area contributed by atoms with Gasteiger partial charge in [0.1, 0.15) is 0 Å². The van der Waals surface area contributed by atoms with E-state index in [0.29, 0.717) is 6.54 Å². The monoisotopic (exact) mass is 201 g/mol. The Labute approximate surface area is 89.5 Å². The van der Waals surface area contributed by atoms with E-state index >= 15 is 0 Å². The topological polar surface area (TPSA) is 43.8 Å². The summed E-state index contributed by atoms with van der Waals surface area (Å²) in [7, 11) is 0. The van der Waals surface area contributed by atoms with Crippen LogP contribution in [-0.2, 0) is 6.54 Å². The van der Waals surface area contributed by atoms with Crippen molar-refractivity contribution in [1.29, 1.82) is 0 Å². The largest absolute Gasteiger partial charge is 0.325 e. The van der Waals surface area contributed by atoms with Crippen molar-refractivity contribution >= 4 is 0 Å². The van der Waals surface area contributed by atoms with Crippen LogP contribution < -0.4 is 5.73 Å². The molecule has 0 radical (unpaired) electrons. The molecule has 0 fully saturated rings. The first-order valence-corrected chi connectivity index (χ1v) is 5.03. The van der Waals surface area contributed by atoms with Crippen molar-refractivity contribution in [2.75, 3.05) is 0 Å². The normalized spacial score (nSPS) is 10.6. The van der Waals surface area contributed by atoms with Crippen LogP contribution in [0.1, 0.15) is 17.0 Å². The van der Waals surface area contributed by atoms with E-state index in [1.165, 1.54) is 5.56 Å². The molecule has 0 amide bonds. The van der Waals surface area contributed by atoms with Crippen LogP contribution in [0, 0.1) is 13.8 Å². The van der Waals surface area contributed by atoms with Crippen molar-refractivity contribution in [1.82, 2.24) is 9.78 Å². The quantitative estimate of drug-likeness (QED) is 0.807. The summed E-state index contributed by atoms with van der Waals surface area (Å²) >= 11 is 0. The number of nitrogens with two attached hydrogens (primary N) is 1. The fourth-order valence-corrected chi connectivity index (χ4v) is 1.66. The number of aromatic nitrogens is 2. The van der Waals surface area contributed by atoms with Gasteiger partial charge in [-0.2, -0.15) is 5.10 Å². The number of aryl methyl sites for hydroxylation is 2. The van der Waals surface area contributed by atoms with Crippen molar-refractivity contribution in [3.05, 3.63) is 47.3 Å². The number of nitrogens with zero attached hydrogens (tertiary/aromatic N) is 2. The van der Waals surface area contributed by atoms with E-state index in [4.69, 9.17) is 5.73 Å². The zero-order chi connectivity index (χ0) is 10.8. The lowest BCUT2D eigenvalue weighted by atomic mass is 10.2. The van der Waals surface area contributed by atoms with Crippen LogP contribution in [0.4, 0.5) is 0 Å². The summed E-state index contributed by atoms with van der Waals surface area (Å²) < 4.78 is 1.93. The Bertz CT molecular complexity index is 471. The minimum Gasteiger partial charge on any atom is -0.325 e. The molecule has 2 aromatic rings. The maximum Gasteiger partial charge on any atom is 0.0767 e. The first kappa shape index (κ1) is 9.93. The highest BCUT2D eigenvalue weighted by Crippen LogP contribution is 2.13. The highest BCUT2D eigenvalue weighted by Gasteiger charge is 2.04. The summed E-state index contributed by atoms with van der Waals surface area (Å²) in [6.45, 7) is 4.60. The molecule has 78 valence electrons. The van der Waals surface area contributed by atoms with Crippen LogP contribution in [-0.4, -0.2) is 9.78 Å². The molecule has 15 heavy (non-hydrogen) atoms. The molecule has 0 atom stereocenters. The van der Waals surface area contributed by atoms with Gasteiger partial charge in [-0.15, -0.1) is 0 Å². The van der Waals surface area contributed by atoms with Crippen LogP contribution in [0.5, 0.6) is 0 Å². The fourth-order valence-electron chi connectivity index (χ4n) is 1.66. The molecule has 0 saturated heterocycles. The van der Waals surface area contributed by atoms with Gasteiger partial charge in [0.25, 0.3) is 0 Å². The van der Waals surface area contributed by atoms with Crippen LogP contribution in [0.15, 0.2) is 30.3 Å². The molecule has 0 aliphatic rings. The molecule has 0 spiro atoms. The molecule has 1 aromatic carbocycles. The molecule has 0 bridgehead atoms. The SMILES string of the molecule is Cc1cccc(-n2nc(CN)cc2C)c1. The van der Waals surface area contributed by atoms with Gasteiger partial charge < -0.3 is 5.73 Å². The molecule has 0 aliphatic heterocycles. The van der Waals surface area contributed by atoms with E-state index in [2.05, 4.69) is 24.2 Å². The lowest BCUT2D eigenvalue weighted by Crippen LogP contribution is -2.01. The lowest BCUT2D eigenvalue weighted by Gasteiger charge is -2.04. The van der Waals surface area contributed by atoms with Gasteiger partial charge in [-0.3, -0.25) is 0 Å². The molecule has 2 N–H and O–H groups in total. The average molecular weight is 201 g/mol. The lowest BCUT2D eigenvalue weighted by molar-refractivity contribution is 0.812. The predicted octanol–water partition coefficient (Wildman–Crippen LogP) is 1.95. The molecule has 3 nitrogen and oxygen atoms in total. The summed E-state index contributed by atoms with van der Waals surface area (Å²) in [4.78, 5) is 0. The van der Waals surface area contributed by atoms with Gasteiger partial charge in [-0.25, -0.2) is 4.68 Å². The van der Waals surface area contributed by atoms with E-state index in [1.54, 1.807) is 0 Å². The van der Waals surface area contributed by atoms with Gasteiger partial charge in [0.15, 0.2) is 0 Å². The summed E-state index contributed by atoms with van der Waals surface area (Å²) in [6, 6.07) is 10.3. The van der Waals surface area contributed by atoms with Crippen molar-refractivity contribution < 1.29 is 0 Å². The van der Waals surface area contributed by atoms with Gasteiger partial charge in [-0.05, 0) is 37.6 Å². The third kappa shape index (κ3) is 1.92. The van der Waals surface area contributed by atoms with Gasteiger partial charge in [0.05, 0.1) is 11.4 Å². The maximum atomic E-state index is 5.56. The summed E-state index contributed by atoms with van der Waals surface area (Å²) in [6.07, 6.45) is 0. The van der Waals surface area contributed by atoms with Gasteiger partial charge in [0, 0.05) is 12.2 Å². The van der Waals surface area contributed by atoms with Gasteiger partial charge in [0.2, 0.25) is 0 Å². The zero-order valence-corrected chi connectivity index (χ0v) is 9.07. The first-order valence-electron chi connectivity index (χ1n) is 5.03. The number of benzene rings is 1. The maximum absolute atomic E-state index is 5.56. The molecular formula is C12H15N3. The predicted molar refractivity (Wildman–Crippen MR) is 60.9 cm³/mol. The standard InChI is InChI=1S/C12H15N3/c1-9-4-3-5-12(6-9)15-10(2)7-11(8-13)14-15/h3-7H,8,13H2,1-2H3. The van der Waals surface area contributed by atoms with E-state index in [0.717, 1.165) is 17.1 Å². The third-order valence-electron chi connectivity index (χ3n) is 2.39. The number of hydrogen-bond donors (Lipinski definition) is 1. The minimum absolute atomic E-state index is 0.486. The Balaban J connectivity index is 2.48. The van der Waals surface area contributed by atoms with Gasteiger partial charge in [-0.1, -0.05) is 12.1 Å². The number of hydrogen-bond acceptors (Lipinski definition) is 2. The van der Waals surface area contributed by atoms with E-state index in [-0.39, 0.29) is 0 Å². The van der Waals surface area contributed by atoms with E-state index in [9.17, 15) is 0 Å². The van der Waals surface area contributed by atoms with Crippen LogP contribution in [0.3, 0.4) is 0 Å². The van der Waals surface area contributed by atoms with Crippen molar-refractivity contribution in [3.8, 4) is 5.69 Å². The Hall–Kier alpha value is -1.61. The Morgan fingerprint density at radius 3 is 2.67 bits per heavy atom. The molecule has 0 saturated carbocycles. The van der Waals surface area contributed by atoms with Crippen LogP contribution in [0.2, 0.25) is 0 Å². The van der Waals surface area contributed by atoms with E-state index < -0.39 is 0 Å². The third-order valence-corrected chi connectivity index (χ3v) is 2.39. The molecule has 2 rings (SSSR count). The second kappa shape index (κ2) is 3.87. The molecule has 0 unspecified atom stereocenters. The van der Waals surface area contributed by atoms with Crippen molar-refractivity contribution in [2.45, 2.75) is 20.4 Å². The second-order valence-electron chi connectivity index (χ2n) is 3.73. The summed E-state index contributed by atoms with van der Waals surface area (Å²) in [5.41, 5.74) is 9.92. The minimum atomic E-state index is 0.486. The van der Waals surface area contributed by atoms with Crippen molar-refractivity contribution in [3.63, 3.8) is 0 Å². The van der Waals surface area contributed by atoms with E-state index in [1.807, 2.05) is 29.8 Å². The second-order valence-corrected chi connectivity index (χ2v) is 3.73. The summed E-state index contributed by atoms with van der Waals surface area (Å²) in [5.74, 6) is 0. The van der Waals surface area contributed by atoms with Crippen LogP contribution >= 0.6 is 0 Å². The molecule has 1 aromatic heterocycles. The zero-order valence-electron chi connectivity index (χ0n) is 9.07. The Kier molecular flexibility index (Phi) is 2.56. The number of rotatable bonds is 2. The molecule has 1 heterocycles. The van der Waals surface area contributed by atoms with Crippen LogP contribution in [0.25, 0.3) is 5.69 Å². The van der Waals surface area contributed by atoms with Gasteiger partial charge >= 0.3 is 0 Å². The molecule has 0 aliphatic carbocycles. The smallest absolute Gasteiger partial charge is 0.0767 e. The molecular weight excluding hydrogens is 186 g/mol. The highest BCUT2D eigenvalue weighted by atomic mass is 15.3. The highest BCUT2D eigenvalue weighted by molar-refractivity contribution is 5.36.